The number of fused-ring (bicyclic) bond motifs is 2. The van der Waals surface area contributed by atoms with Gasteiger partial charge in [-0.15, -0.1) is 0 Å². The molecule has 5 aromatic rings. The smallest absolute Gasteiger partial charge is 0.162 e. The largest absolute Gasteiger partial charge is 0.373 e. The van der Waals surface area contributed by atoms with Crippen LogP contribution in [0.2, 0.25) is 0 Å². The first-order valence-electron chi connectivity index (χ1n) is 11.4. The normalized spacial score (nSPS) is 18.8. The molecule has 2 N–H and O–H groups in total. The second-order valence-electron chi connectivity index (χ2n) is 8.70. The van der Waals surface area contributed by atoms with Crippen LogP contribution in [0.5, 0.6) is 0 Å². The number of ether oxygens (including phenoxy) is 1. The Morgan fingerprint density at radius 2 is 2.00 bits per heavy atom. The Morgan fingerprint density at radius 1 is 1.15 bits per heavy atom. The molecule has 0 aliphatic heterocycles. The van der Waals surface area contributed by atoms with Crippen molar-refractivity contribution in [3.05, 3.63) is 78.4 Å². The molecular formula is C25H24FN7O. The van der Waals surface area contributed by atoms with Gasteiger partial charge in [-0.05, 0) is 43.5 Å². The van der Waals surface area contributed by atoms with Crippen molar-refractivity contribution >= 4 is 28.0 Å². The number of rotatable bonds is 7. The van der Waals surface area contributed by atoms with Crippen LogP contribution >= 0.6 is 0 Å². The van der Waals surface area contributed by atoms with Gasteiger partial charge in [0.15, 0.2) is 11.5 Å². The highest BCUT2D eigenvalue weighted by Gasteiger charge is 2.35. The number of nitrogens with zero attached hydrogens (tertiary/aromatic N) is 5. The van der Waals surface area contributed by atoms with Gasteiger partial charge in [0.05, 0.1) is 36.1 Å². The quantitative estimate of drug-likeness (QED) is 0.360. The molecular weight excluding hydrogens is 433 g/mol. The van der Waals surface area contributed by atoms with Crippen molar-refractivity contribution in [1.29, 1.82) is 0 Å². The molecule has 1 fully saturated rings. The standard InChI is InChI=1S/C25H24FN7O/c1-15(31-24-22-23(28-13-27-22)29-14-30-24)25-32-20-8-7-17(26)9-21(20)33(25)18-10-19(11-18)34-12-16-5-3-2-4-6-16/h2-9,13-15,18-19H,10-12H2,1H3,(H2,27,28,29,30,31)/t15-,18-,19+/m0/s1. The van der Waals surface area contributed by atoms with Crippen LogP contribution in [-0.2, 0) is 11.3 Å². The third-order valence-corrected chi connectivity index (χ3v) is 6.40. The summed E-state index contributed by atoms with van der Waals surface area (Å²) in [6, 6.07) is 14.9. The second-order valence-corrected chi connectivity index (χ2v) is 8.70. The van der Waals surface area contributed by atoms with E-state index in [9.17, 15) is 4.39 Å². The molecule has 34 heavy (non-hydrogen) atoms. The number of aromatic amines is 1. The zero-order chi connectivity index (χ0) is 23.1. The average Bonchev–Trinajstić information content (AvgIpc) is 3.44. The molecule has 1 aliphatic carbocycles. The van der Waals surface area contributed by atoms with E-state index in [0.717, 1.165) is 35.3 Å². The summed E-state index contributed by atoms with van der Waals surface area (Å²) in [6.45, 7) is 2.62. The molecule has 0 spiro atoms. The number of aromatic nitrogens is 6. The second kappa shape index (κ2) is 8.49. The summed E-state index contributed by atoms with van der Waals surface area (Å²) in [5.41, 5.74) is 4.06. The van der Waals surface area contributed by atoms with Gasteiger partial charge in [0, 0.05) is 6.04 Å². The van der Waals surface area contributed by atoms with Gasteiger partial charge in [0.25, 0.3) is 0 Å². The molecule has 9 heteroatoms. The monoisotopic (exact) mass is 457 g/mol. The molecule has 0 unspecified atom stereocenters. The summed E-state index contributed by atoms with van der Waals surface area (Å²) in [6.07, 6.45) is 4.96. The van der Waals surface area contributed by atoms with Crippen LogP contribution in [0, 0.1) is 5.82 Å². The summed E-state index contributed by atoms with van der Waals surface area (Å²) in [7, 11) is 0. The molecule has 172 valence electrons. The molecule has 0 bridgehead atoms. The molecule has 0 saturated heterocycles. The van der Waals surface area contributed by atoms with Crippen LogP contribution in [0.15, 0.2) is 61.2 Å². The predicted molar refractivity (Wildman–Crippen MR) is 127 cm³/mol. The zero-order valence-electron chi connectivity index (χ0n) is 18.6. The lowest BCUT2D eigenvalue weighted by Gasteiger charge is -2.37. The number of anilines is 1. The first-order chi connectivity index (χ1) is 16.7. The highest BCUT2D eigenvalue weighted by Crippen LogP contribution is 2.40. The van der Waals surface area contributed by atoms with Crippen LogP contribution in [0.25, 0.3) is 22.2 Å². The van der Waals surface area contributed by atoms with Gasteiger partial charge in [0.1, 0.15) is 23.5 Å². The van der Waals surface area contributed by atoms with Crippen molar-refractivity contribution in [2.45, 2.75) is 44.6 Å². The van der Waals surface area contributed by atoms with Gasteiger partial charge >= 0.3 is 0 Å². The van der Waals surface area contributed by atoms with Crippen molar-refractivity contribution in [2.75, 3.05) is 5.32 Å². The van der Waals surface area contributed by atoms with E-state index in [2.05, 4.69) is 42.0 Å². The fourth-order valence-electron chi connectivity index (χ4n) is 4.59. The Balaban J connectivity index is 1.26. The average molecular weight is 458 g/mol. The SMILES string of the molecule is C[C@H](Nc1ncnc2[nH]cnc12)c1nc2ccc(F)cc2n1[C@H]1C[C@@H](OCc2ccccc2)C1. The third kappa shape index (κ3) is 3.77. The van der Waals surface area contributed by atoms with Gasteiger partial charge in [0.2, 0.25) is 0 Å². The lowest BCUT2D eigenvalue weighted by Crippen LogP contribution is -2.34. The van der Waals surface area contributed by atoms with E-state index in [1.165, 1.54) is 12.4 Å². The maximum absolute atomic E-state index is 14.2. The summed E-state index contributed by atoms with van der Waals surface area (Å²) >= 11 is 0. The van der Waals surface area contributed by atoms with E-state index in [1.54, 1.807) is 18.5 Å². The summed E-state index contributed by atoms with van der Waals surface area (Å²) in [4.78, 5) is 20.7. The summed E-state index contributed by atoms with van der Waals surface area (Å²) in [5, 5.41) is 3.42. The molecule has 0 amide bonds. The molecule has 0 radical (unpaired) electrons. The molecule has 6 rings (SSSR count). The Bertz CT molecular complexity index is 1440. The minimum absolute atomic E-state index is 0.165. The van der Waals surface area contributed by atoms with Gasteiger partial charge in [-0.1, -0.05) is 30.3 Å². The Morgan fingerprint density at radius 3 is 2.85 bits per heavy atom. The van der Waals surface area contributed by atoms with E-state index in [0.29, 0.717) is 23.6 Å². The van der Waals surface area contributed by atoms with Crippen LogP contribution in [0.3, 0.4) is 0 Å². The topological polar surface area (TPSA) is 93.5 Å². The zero-order valence-corrected chi connectivity index (χ0v) is 18.6. The van der Waals surface area contributed by atoms with Gasteiger partial charge in [-0.3, -0.25) is 0 Å². The van der Waals surface area contributed by atoms with E-state index >= 15 is 0 Å². The number of hydrogen-bond acceptors (Lipinski definition) is 6. The minimum atomic E-state index is -0.272. The molecule has 1 atom stereocenters. The molecule has 8 nitrogen and oxygen atoms in total. The van der Waals surface area contributed by atoms with Crippen LogP contribution < -0.4 is 5.32 Å². The van der Waals surface area contributed by atoms with Crippen LogP contribution in [0.1, 0.15) is 43.2 Å². The number of nitrogens with one attached hydrogen (secondary N) is 2. The fraction of sp³-hybridized carbons (Fsp3) is 0.280. The lowest BCUT2D eigenvalue weighted by atomic mass is 9.88. The van der Waals surface area contributed by atoms with Crippen molar-refractivity contribution in [3.8, 4) is 0 Å². The molecule has 1 saturated carbocycles. The molecule has 2 aromatic carbocycles. The van der Waals surface area contributed by atoms with Gasteiger partial charge in [-0.25, -0.2) is 24.3 Å². The molecule has 3 aromatic heterocycles. The number of imidazole rings is 2. The number of H-pyrrole nitrogens is 1. The minimum Gasteiger partial charge on any atom is -0.373 e. The summed E-state index contributed by atoms with van der Waals surface area (Å²) < 4.78 is 22.4. The Kier molecular flexibility index (Phi) is 5.18. The molecule has 3 heterocycles. The van der Waals surface area contributed by atoms with Crippen molar-refractivity contribution in [2.24, 2.45) is 0 Å². The maximum atomic E-state index is 14.2. The van der Waals surface area contributed by atoms with Crippen LogP contribution in [0.4, 0.5) is 10.2 Å². The van der Waals surface area contributed by atoms with Crippen LogP contribution in [-0.4, -0.2) is 35.6 Å². The Labute approximate surface area is 195 Å². The number of benzene rings is 2. The fourth-order valence-corrected chi connectivity index (χ4v) is 4.59. The first-order valence-corrected chi connectivity index (χ1v) is 11.4. The van der Waals surface area contributed by atoms with Gasteiger partial charge in [-0.2, -0.15) is 0 Å². The van der Waals surface area contributed by atoms with E-state index in [4.69, 9.17) is 9.72 Å². The van der Waals surface area contributed by atoms with Crippen molar-refractivity contribution in [1.82, 2.24) is 29.5 Å². The van der Waals surface area contributed by atoms with Gasteiger partial charge < -0.3 is 19.6 Å². The highest BCUT2D eigenvalue weighted by atomic mass is 19.1. The molecule has 1 aliphatic rings. The first kappa shape index (κ1) is 20.7. The Hall–Kier alpha value is -3.85. The van der Waals surface area contributed by atoms with E-state index in [-0.39, 0.29) is 24.0 Å². The number of halogens is 1. The van der Waals surface area contributed by atoms with Crippen molar-refractivity contribution in [3.63, 3.8) is 0 Å². The van der Waals surface area contributed by atoms with E-state index < -0.39 is 0 Å². The maximum Gasteiger partial charge on any atom is 0.162 e. The van der Waals surface area contributed by atoms with E-state index in [1.807, 2.05) is 25.1 Å². The third-order valence-electron chi connectivity index (χ3n) is 6.40. The summed E-state index contributed by atoms with van der Waals surface area (Å²) in [5.74, 6) is 1.18. The lowest BCUT2D eigenvalue weighted by molar-refractivity contribution is -0.0354. The van der Waals surface area contributed by atoms with Crippen molar-refractivity contribution < 1.29 is 9.13 Å². The predicted octanol–water partition coefficient (Wildman–Crippen LogP) is 4.94. The number of hydrogen-bond donors (Lipinski definition) is 2. The highest BCUT2D eigenvalue weighted by molar-refractivity contribution is 5.82.